The SMILES string of the molecule is COC1(c2cccnc2C)CC1. The number of methoxy groups -OCH3 is 1. The van der Waals surface area contributed by atoms with Gasteiger partial charge in [-0.05, 0) is 25.8 Å². The molecule has 0 aromatic carbocycles. The van der Waals surface area contributed by atoms with Crippen LogP contribution in [0.4, 0.5) is 0 Å². The quantitative estimate of drug-likeness (QED) is 0.665. The topological polar surface area (TPSA) is 22.1 Å². The van der Waals surface area contributed by atoms with Gasteiger partial charge in [-0.25, -0.2) is 0 Å². The van der Waals surface area contributed by atoms with Gasteiger partial charge in [-0.1, -0.05) is 6.07 Å². The van der Waals surface area contributed by atoms with Crippen molar-refractivity contribution in [1.82, 2.24) is 4.98 Å². The van der Waals surface area contributed by atoms with Crippen LogP contribution in [0.3, 0.4) is 0 Å². The van der Waals surface area contributed by atoms with E-state index in [1.54, 1.807) is 7.11 Å². The molecule has 1 heterocycles. The van der Waals surface area contributed by atoms with Gasteiger partial charge in [0, 0.05) is 24.6 Å². The Morgan fingerprint density at radius 1 is 1.50 bits per heavy atom. The highest BCUT2D eigenvalue weighted by Gasteiger charge is 2.45. The highest BCUT2D eigenvalue weighted by Crippen LogP contribution is 2.49. The summed E-state index contributed by atoms with van der Waals surface area (Å²) in [5.74, 6) is 0. The second kappa shape index (κ2) is 2.56. The number of hydrogen-bond acceptors (Lipinski definition) is 2. The monoisotopic (exact) mass is 163 g/mol. The lowest BCUT2D eigenvalue weighted by molar-refractivity contribution is 0.0780. The fourth-order valence-corrected chi connectivity index (χ4v) is 1.66. The molecule has 2 rings (SSSR count). The van der Waals surface area contributed by atoms with Crippen molar-refractivity contribution in [2.75, 3.05) is 7.11 Å². The smallest absolute Gasteiger partial charge is 0.0947 e. The van der Waals surface area contributed by atoms with Gasteiger partial charge in [0.05, 0.1) is 5.60 Å². The van der Waals surface area contributed by atoms with Crippen LogP contribution < -0.4 is 0 Å². The first-order valence-electron chi connectivity index (χ1n) is 4.26. The zero-order valence-corrected chi connectivity index (χ0v) is 7.50. The van der Waals surface area contributed by atoms with Crippen LogP contribution in [-0.4, -0.2) is 12.1 Å². The lowest BCUT2D eigenvalue weighted by Crippen LogP contribution is -2.11. The van der Waals surface area contributed by atoms with Gasteiger partial charge in [-0.15, -0.1) is 0 Å². The molecule has 2 heteroatoms. The van der Waals surface area contributed by atoms with E-state index in [-0.39, 0.29) is 5.60 Å². The Hall–Kier alpha value is -0.890. The average Bonchev–Trinajstić information content (AvgIpc) is 2.86. The predicted octanol–water partition coefficient (Wildman–Crippen LogP) is 2.03. The van der Waals surface area contributed by atoms with Gasteiger partial charge in [-0.2, -0.15) is 0 Å². The lowest BCUT2D eigenvalue weighted by Gasteiger charge is -2.14. The standard InChI is InChI=1S/C10H13NO/c1-8-9(4-3-7-11-8)10(12-2)5-6-10/h3-4,7H,5-6H2,1-2H3. The zero-order valence-electron chi connectivity index (χ0n) is 7.50. The number of pyridine rings is 1. The average molecular weight is 163 g/mol. The van der Waals surface area contributed by atoms with E-state index in [0.29, 0.717) is 0 Å². The minimum atomic E-state index is 0.0122. The molecule has 64 valence electrons. The van der Waals surface area contributed by atoms with Crippen molar-refractivity contribution < 1.29 is 4.74 Å². The summed E-state index contributed by atoms with van der Waals surface area (Å²) in [7, 11) is 1.78. The molecule has 0 saturated heterocycles. The largest absolute Gasteiger partial charge is 0.373 e. The van der Waals surface area contributed by atoms with E-state index in [1.165, 1.54) is 5.56 Å². The second-order valence-electron chi connectivity index (χ2n) is 3.33. The van der Waals surface area contributed by atoms with Crippen molar-refractivity contribution in [3.8, 4) is 0 Å². The fourth-order valence-electron chi connectivity index (χ4n) is 1.66. The molecule has 1 fully saturated rings. The molecule has 12 heavy (non-hydrogen) atoms. The number of hydrogen-bond donors (Lipinski definition) is 0. The normalized spacial score (nSPS) is 19.2. The van der Waals surface area contributed by atoms with Crippen molar-refractivity contribution in [2.24, 2.45) is 0 Å². The molecule has 0 amide bonds. The molecule has 0 bridgehead atoms. The van der Waals surface area contributed by atoms with E-state index in [4.69, 9.17) is 4.74 Å². The van der Waals surface area contributed by atoms with Crippen LogP contribution in [0, 0.1) is 6.92 Å². The third-order valence-corrected chi connectivity index (χ3v) is 2.59. The van der Waals surface area contributed by atoms with Crippen LogP contribution in [0.2, 0.25) is 0 Å². The van der Waals surface area contributed by atoms with Crippen molar-refractivity contribution >= 4 is 0 Å². The summed E-state index contributed by atoms with van der Waals surface area (Å²) in [5.41, 5.74) is 2.36. The third-order valence-electron chi connectivity index (χ3n) is 2.59. The lowest BCUT2D eigenvalue weighted by atomic mass is 10.1. The van der Waals surface area contributed by atoms with Gasteiger partial charge in [0.1, 0.15) is 0 Å². The molecule has 1 saturated carbocycles. The summed E-state index contributed by atoms with van der Waals surface area (Å²) in [6, 6.07) is 4.08. The van der Waals surface area contributed by atoms with Crippen LogP contribution in [0.1, 0.15) is 24.1 Å². The van der Waals surface area contributed by atoms with Crippen LogP contribution >= 0.6 is 0 Å². The minimum Gasteiger partial charge on any atom is -0.373 e. The van der Waals surface area contributed by atoms with Crippen LogP contribution in [0.15, 0.2) is 18.3 Å². The van der Waals surface area contributed by atoms with E-state index < -0.39 is 0 Å². The summed E-state index contributed by atoms with van der Waals surface area (Å²) >= 11 is 0. The van der Waals surface area contributed by atoms with Crippen molar-refractivity contribution in [3.05, 3.63) is 29.6 Å². The molecule has 1 aromatic rings. The molecule has 1 aliphatic rings. The third kappa shape index (κ3) is 1.03. The minimum absolute atomic E-state index is 0.0122. The van der Waals surface area contributed by atoms with Crippen LogP contribution in [0.25, 0.3) is 0 Å². The fraction of sp³-hybridized carbons (Fsp3) is 0.500. The van der Waals surface area contributed by atoms with Gasteiger partial charge in [0.15, 0.2) is 0 Å². The second-order valence-corrected chi connectivity index (χ2v) is 3.33. The maximum Gasteiger partial charge on any atom is 0.0947 e. The van der Waals surface area contributed by atoms with E-state index in [0.717, 1.165) is 18.5 Å². The summed E-state index contributed by atoms with van der Waals surface area (Å²) in [4.78, 5) is 4.25. The van der Waals surface area contributed by atoms with Crippen molar-refractivity contribution in [2.45, 2.75) is 25.4 Å². The Bertz CT molecular complexity index is 292. The maximum atomic E-state index is 5.48. The van der Waals surface area contributed by atoms with Crippen LogP contribution in [-0.2, 0) is 10.3 Å². The van der Waals surface area contributed by atoms with Crippen molar-refractivity contribution in [3.63, 3.8) is 0 Å². The van der Waals surface area contributed by atoms with E-state index in [9.17, 15) is 0 Å². The van der Waals surface area contributed by atoms with E-state index in [2.05, 4.69) is 11.1 Å². The summed E-state index contributed by atoms with van der Waals surface area (Å²) in [6.07, 6.45) is 4.09. The van der Waals surface area contributed by atoms with E-state index in [1.807, 2.05) is 19.2 Å². The molecule has 0 unspecified atom stereocenters. The first kappa shape index (κ1) is 7.74. The number of rotatable bonds is 2. The molecule has 1 aliphatic carbocycles. The Balaban J connectivity index is 2.40. The van der Waals surface area contributed by atoms with Crippen LogP contribution in [0.5, 0.6) is 0 Å². The number of aromatic nitrogens is 1. The summed E-state index contributed by atoms with van der Waals surface area (Å²) < 4.78 is 5.48. The molecular weight excluding hydrogens is 150 g/mol. The van der Waals surface area contributed by atoms with Gasteiger partial charge < -0.3 is 4.74 Å². The molecule has 0 N–H and O–H groups in total. The Morgan fingerprint density at radius 2 is 2.25 bits per heavy atom. The first-order valence-corrected chi connectivity index (χ1v) is 4.26. The molecule has 0 aliphatic heterocycles. The summed E-state index contributed by atoms with van der Waals surface area (Å²) in [6.45, 7) is 2.04. The summed E-state index contributed by atoms with van der Waals surface area (Å²) in [5, 5.41) is 0. The number of nitrogens with zero attached hydrogens (tertiary/aromatic N) is 1. The highest BCUT2D eigenvalue weighted by molar-refractivity contribution is 5.30. The van der Waals surface area contributed by atoms with E-state index >= 15 is 0 Å². The van der Waals surface area contributed by atoms with Gasteiger partial charge in [-0.3, -0.25) is 4.98 Å². The Morgan fingerprint density at radius 3 is 2.75 bits per heavy atom. The number of aryl methyl sites for hydroxylation is 1. The number of ether oxygens (including phenoxy) is 1. The molecule has 0 spiro atoms. The molecule has 1 aromatic heterocycles. The van der Waals surface area contributed by atoms with Gasteiger partial charge in [0.25, 0.3) is 0 Å². The Labute approximate surface area is 72.6 Å². The van der Waals surface area contributed by atoms with Crippen molar-refractivity contribution in [1.29, 1.82) is 0 Å². The molecule has 0 radical (unpaired) electrons. The van der Waals surface area contributed by atoms with Gasteiger partial charge >= 0.3 is 0 Å². The maximum absolute atomic E-state index is 5.48. The van der Waals surface area contributed by atoms with Gasteiger partial charge in [0.2, 0.25) is 0 Å². The first-order chi connectivity index (χ1) is 5.78. The molecular formula is C10H13NO. The highest BCUT2D eigenvalue weighted by atomic mass is 16.5. The Kier molecular flexibility index (Phi) is 1.65. The molecule has 0 atom stereocenters. The molecule has 2 nitrogen and oxygen atoms in total. The zero-order chi connectivity index (χ0) is 8.60. The predicted molar refractivity (Wildman–Crippen MR) is 46.9 cm³/mol.